The fraction of sp³-hybridized carbons (Fsp3) is 0.286. The molecule has 3 heterocycles. The molecule has 1 saturated heterocycles. The molecule has 1 aliphatic rings. The van der Waals surface area contributed by atoms with Crippen LogP contribution in [-0.4, -0.2) is 54.1 Å². The maximum absolute atomic E-state index is 12.6. The van der Waals surface area contributed by atoms with E-state index in [0.29, 0.717) is 18.8 Å². The lowest BCUT2D eigenvalue weighted by molar-refractivity contribution is 0.0740. The second kappa shape index (κ2) is 7.23. The van der Waals surface area contributed by atoms with Crippen molar-refractivity contribution in [3.63, 3.8) is 0 Å². The van der Waals surface area contributed by atoms with Gasteiger partial charge >= 0.3 is 0 Å². The van der Waals surface area contributed by atoms with Crippen LogP contribution in [0, 0.1) is 6.92 Å². The summed E-state index contributed by atoms with van der Waals surface area (Å²) in [5, 5.41) is 1.10. The number of pyridine rings is 2. The molecule has 138 valence electrons. The van der Waals surface area contributed by atoms with E-state index in [-0.39, 0.29) is 5.91 Å². The van der Waals surface area contributed by atoms with Crippen LogP contribution < -0.4 is 9.64 Å². The summed E-state index contributed by atoms with van der Waals surface area (Å²) in [5.74, 6) is 1.69. The Labute approximate surface area is 158 Å². The molecule has 0 aliphatic carbocycles. The van der Waals surface area contributed by atoms with Crippen LogP contribution in [0.3, 0.4) is 0 Å². The molecular formula is C21H22N4O2. The molecule has 4 rings (SSSR count). The molecule has 0 radical (unpaired) electrons. The molecule has 0 spiro atoms. The Morgan fingerprint density at radius 3 is 2.59 bits per heavy atom. The average Bonchev–Trinajstić information content (AvgIpc) is 2.73. The molecule has 2 aromatic heterocycles. The third kappa shape index (κ3) is 3.30. The van der Waals surface area contributed by atoms with Crippen LogP contribution in [-0.2, 0) is 0 Å². The highest BCUT2D eigenvalue weighted by Crippen LogP contribution is 2.29. The molecule has 1 amide bonds. The van der Waals surface area contributed by atoms with Gasteiger partial charge in [0.05, 0.1) is 7.11 Å². The Morgan fingerprint density at radius 1 is 1.07 bits per heavy atom. The van der Waals surface area contributed by atoms with Crippen molar-refractivity contribution in [2.24, 2.45) is 0 Å². The van der Waals surface area contributed by atoms with Gasteiger partial charge in [0.15, 0.2) is 0 Å². The molecular weight excluding hydrogens is 340 g/mol. The minimum absolute atomic E-state index is 0.0143. The van der Waals surface area contributed by atoms with Gasteiger partial charge in [-0.05, 0) is 36.8 Å². The first-order valence-electron chi connectivity index (χ1n) is 9.07. The lowest BCUT2D eigenvalue weighted by atomic mass is 10.1. The van der Waals surface area contributed by atoms with E-state index in [1.165, 1.54) is 5.56 Å². The zero-order valence-electron chi connectivity index (χ0n) is 15.6. The van der Waals surface area contributed by atoms with Gasteiger partial charge in [-0.25, -0.2) is 4.98 Å². The Balaban J connectivity index is 1.54. The van der Waals surface area contributed by atoms with Gasteiger partial charge in [-0.2, -0.15) is 0 Å². The minimum atomic E-state index is -0.0143. The van der Waals surface area contributed by atoms with Crippen molar-refractivity contribution in [1.82, 2.24) is 14.9 Å². The SMILES string of the molecule is COc1cccc2c(C)cc(N3CCN(C(=O)c4ccccn4)CC3)nc12. The molecule has 0 saturated carbocycles. The zero-order chi connectivity index (χ0) is 18.8. The number of rotatable bonds is 3. The highest BCUT2D eigenvalue weighted by molar-refractivity contribution is 5.92. The fourth-order valence-electron chi connectivity index (χ4n) is 3.49. The second-order valence-electron chi connectivity index (χ2n) is 6.65. The number of piperazine rings is 1. The largest absolute Gasteiger partial charge is 0.494 e. The minimum Gasteiger partial charge on any atom is -0.494 e. The Kier molecular flexibility index (Phi) is 4.62. The summed E-state index contributed by atoms with van der Waals surface area (Å²) < 4.78 is 5.48. The predicted molar refractivity (Wildman–Crippen MR) is 105 cm³/mol. The molecule has 0 N–H and O–H groups in total. The van der Waals surface area contributed by atoms with Crippen molar-refractivity contribution in [2.45, 2.75) is 6.92 Å². The summed E-state index contributed by atoms with van der Waals surface area (Å²) in [6.45, 7) is 4.88. The van der Waals surface area contributed by atoms with Crippen LogP contribution in [0.15, 0.2) is 48.7 Å². The highest BCUT2D eigenvalue weighted by Gasteiger charge is 2.24. The van der Waals surface area contributed by atoms with Gasteiger partial charge in [0.25, 0.3) is 5.91 Å². The van der Waals surface area contributed by atoms with E-state index in [1.807, 2.05) is 29.2 Å². The number of nitrogens with zero attached hydrogens (tertiary/aromatic N) is 4. The quantitative estimate of drug-likeness (QED) is 0.717. The maximum atomic E-state index is 12.6. The monoisotopic (exact) mass is 362 g/mol. The van der Waals surface area contributed by atoms with Gasteiger partial charge in [-0.1, -0.05) is 18.2 Å². The van der Waals surface area contributed by atoms with E-state index in [1.54, 1.807) is 19.4 Å². The number of benzene rings is 1. The number of anilines is 1. The molecule has 0 unspecified atom stereocenters. The van der Waals surface area contributed by atoms with Crippen LogP contribution in [0.25, 0.3) is 10.9 Å². The summed E-state index contributed by atoms with van der Waals surface area (Å²) >= 11 is 0. The second-order valence-corrected chi connectivity index (χ2v) is 6.65. The fourth-order valence-corrected chi connectivity index (χ4v) is 3.49. The molecule has 1 fully saturated rings. The van der Waals surface area contributed by atoms with Crippen LogP contribution in [0.2, 0.25) is 0 Å². The first kappa shape index (κ1) is 17.3. The first-order chi connectivity index (χ1) is 13.2. The number of methoxy groups -OCH3 is 1. The summed E-state index contributed by atoms with van der Waals surface area (Å²) in [6.07, 6.45) is 1.65. The van der Waals surface area contributed by atoms with E-state index >= 15 is 0 Å². The van der Waals surface area contributed by atoms with E-state index in [0.717, 1.165) is 35.6 Å². The smallest absolute Gasteiger partial charge is 0.272 e. The molecule has 0 bridgehead atoms. The van der Waals surface area contributed by atoms with Crippen molar-refractivity contribution in [1.29, 1.82) is 0 Å². The molecule has 1 aromatic carbocycles. The third-order valence-electron chi connectivity index (χ3n) is 4.99. The van der Waals surface area contributed by atoms with Gasteiger partial charge in [0.2, 0.25) is 0 Å². The lowest BCUT2D eigenvalue weighted by Crippen LogP contribution is -2.49. The number of fused-ring (bicyclic) bond motifs is 1. The molecule has 3 aromatic rings. The molecule has 6 nitrogen and oxygen atoms in total. The number of carbonyl (C=O) groups excluding carboxylic acids is 1. The van der Waals surface area contributed by atoms with Gasteiger partial charge in [0, 0.05) is 37.8 Å². The van der Waals surface area contributed by atoms with Crippen molar-refractivity contribution in [3.05, 3.63) is 59.9 Å². The average molecular weight is 362 g/mol. The summed E-state index contributed by atoms with van der Waals surface area (Å²) in [4.78, 5) is 25.7. The number of hydrogen-bond acceptors (Lipinski definition) is 5. The van der Waals surface area contributed by atoms with Gasteiger partial charge < -0.3 is 14.5 Å². The summed E-state index contributed by atoms with van der Waals surface area (Å²) in [6, 6.07) is 13.5. The van der Waals surface area contributed by atoms with E-state index in [2.05, 4.69) is 28.9 Å². The van der Waals surface area contributed by atoms with Gasteiger partial charge in [-0.15, -0.1) is 0 Å². The highest BCUT2D eigenvalue weighted by atomic mass is 16.5. The van der Waals surface area contributed by atoms with Crippen LogP contribution in [0.4, 0.5) is 5.82 Å². The van der Waals surface area contributed by atoms with Crippen LogP contribution in [0.5, 0.6) is 5.75 Å². The molecule has 0 atom stereocenters. The normalized spacial score (nSPS) is 14.4. The number of aryl methyl sites for hydroxylation is 1. The number of hydrogen-bond donors (Lipinski definition) is 0. The van der Waals surface area contributed by atoms with Crippen molar-refractivity contribution in [2.75, 3.05) is 38.2 Å². The van der Waals surface area contributed by atoms with Crippen molar-refractivity contribution in [3.8, 4) is 5.75 Å². The van der Waals surface area contributed by atoms with E-state index < -0.39 is 0 Å². The van der Waals surface area contributed by atoms with E-state index in [9.17, 15) is 4.79 Å². The molecule has 6 heteroatoms. The number of para-hydroxylation sites is 1. The number of aromatic nitrogens is 2. The summed E-state index contributed by atoms with van der Waals surface area (Å²) in [5.41, 5.74) is 2.54. The lowest BCUT2D eigenvalue weighted by Gasteiger charge is -2.35. The molecule has 27 heavy (non-hydrogen) atoms. The summed E-state index contributed by atoms with van der Waals surface area (Å²) in [7, 11) is 1.67. The first-order valence-corrected chi connectivity index (χ1v) is 9.07. The zero-order valence-corrected chi connectivity index (χ0v) is 15.6. The Bertz CT molecular complexity index is 967. The maximum Gasteiger partial charge on any atom is 0.272 e. The van der Waals surface area contributed by atoms with Crippen LogP contribution >= 0.6 is 0 Å². The number of ether oxygens (including phenoxy) is 1. The number of amides is 1. The molecule has 1 aliphatic heterocycles. The standard InChI is InChI=1S/C21H22N4O2/c1-15-14-19(23-20-16(15)6-5-8-18(20)27-2)24-10-12-25(13-11-24)21(26)17-7-3-4-9-22-17/h3-9,14H,10-13H2,1-2H3. The van der Waals surface area contributed by atoms with Crippen LogP contribution in [0.1, 0.15) is 16.1 Å². The van der Waals surface area contributed by atoms with Crippen molar-refractivity contribution < 1.29 is 9.53 Å². The number of carbonyl (C=O) groups is 1. The Morgan fingerprint density at radius 2 is 1.89 bits per heavy atom. The van der Waals surface area contributed by atoms with Gasteiger partial charge in [0.1, 0.15) is 22.8 Å². The van der Waals surface area contributed by atoms with Gasteiger partial charge in [-0.3, -0.25) is 9.78 Å². The third-order valence-corrected chi connectivity index (χ3v) is 4.99. The van der Waals surface area contributed by atoms with Crippen molar-refractivity contribution >= 4 is 22.6 Å². The Hall–Kier alpha value is -3.15. The predicted octanol–water partition coefficient (Wildman–Crippen LogP) is 2.91. The van der Waals surface area contributed by atoms with E-state index in [4.69, 9.17) is 9.72 Å². The topological polar surface area (TPSA) is 58.6 Å².